The van der Waals surface area contributed by atoms with E-state index >= 15 is 0 Å². The second-order valence-corrected chi connectivity index (χ2v) is 10.3. The highest BCUT2D eigenvalue weighted by Crippen LogP contribution is 2.31. The van der Waals surface area contributed by atoms with E-state index in [4.69, 9.17) is 11.6 Å². The van der Waals surface area contributed by atoms with Crippen LogP contribution in [0, 0.1) is 5.92 Å². The lowest BCUT2D eigenvalue weighted by Gasteiger charge is -2.42. The SMILES string of the molecule is CC1CCN(Cc2ccccc2)CC1N(C)c1nc(Cl)nc2c1ccn2S(C)(=O)=O. The Bertz CT molecular complexity index is 1150. The number of likely N-dealkylation sites (N-methyl/N-ethyl adjacent to an activating group) is 1. The molecule has 2 atom stereocenters. The molecule has 0 N–H and O–H groups in total. The van der Waals surface area contributed by atoms with Gasteiger partial charge in [-0.1, -0.05) is 37.3 Å². The van der Waals surface area contributed by atoms with Crippen LogP contribution in [0.2, 0.25) is 5.28 Å². The first-order valence-corrected chi connectivity index (χ1v) is 12.2. The molecular weight excluding hydrogens is 422 g/mol. The number of hydrogen-bond acceptors (Lipinski definition) is 6. The molecule has 0 spiro atoms. The summed E-state index contributed by atoms with van der Waals surface area (Å²) in [5, 5.41) is 0.720. The van der Waals surface area contributed by atoms with Crippen LogP contribution in [-0.4, -0.2) is 59.7 Å². The highest BCUT2D eigenvalue weighted by atomic mass is 35.5. The molecular formula is C21H26ClN5O2S. The predicted molar refractivity (Wildman–Crippen MR) is 120 cm³/mol. The summed E-state index contributed by atoms with van der Waals surface area (Å²) in [7, 11) is -1.48. The molecule has 30 heavy (non-hydrogen) atoms. The van der Waals surface area contributed by atoms with E-state index in [0.717, 1.165) is 36.3 Å². The molecule has 0 amide bonds. The maximum atomic E-state index is 12.1. The van der Waals surface area contributed by atoms with Gasteiger partial charge in [0, 0.05) is 32.4 Å². The van der Waals surface area contributed by atoms with Crippen molar-refractivity contribution in [1.29, 1.82) is 0 Å². The lowest BCUT2D eigenvalue weighted by atomic mass is 9.92. The van der Waals surface area contributed by atoms with E-state index in [1.165, 1.54) is 11.8 Å². The molecule has 0 bridgehead atoms. The van der Waals surface area contributed by atoms with Crippen LogP contribution >= 0.6 is 11.6 Å². The summed E-state index contributed by atoms with van der Waals surface area (Å²) in [6.45, 7) is 5.10. The molecule has 1 saturated heterocycles. The minimum atomic E-state index is -3.48. The number of rotatable bonds is 5. The summed E-state index contributed by atoms with van der Waals surface area (Å²) in [6, 6.07) is 12.4. The third-order valence-electron chi connectivity index (χ3n) is 5.90. The van der Waals surface area contributed by atoms with Gasteiger partial charge in [0.25, 0.3) is 0 Å². The minimum absolute atomic E-state index is 0.0394. The molecule has 3 heterocycles. The van der Waals surface area contributed by atoms with Crippen LogP contribution in [0.15, 0.2) is 42.6 Å². The van der Waals surface area contributed by atoms with E-state index in [1.54, 1.807) is 6.07 Å². The third kappa shape index (κ3) is 4.17. The Morgan fingerprint density at radius 1 is 1.20 bits per heavy atom. The fraction of sp³-hybridized carbons (Fsp3) is 0.429. The van der Waals surface area contributed by atoms with Gasteiger partial charge in [0.05, 0.1) is 11.6 Å². The number of anilines is 1. The first kappa shape index (κ1) is 21.1. The van der Waals surface area contributed by atoms with Crippen molar-refractivity contribution in [1.82, 2.24) is 18.8 Å². The largest absolute Gasteiger partial charge is 0.354 e. The maximum Gasteiger partial charge on any atom is 0.237 e. The standard InChI is InChI=1S/C21H26ClN5O2S/c1-15-9-11-26(13-16-7-5-4-6-8-16)14-18(15)25(2)19-17-10-12-27(30(3,28)29)20(17)24-21(22)23-19/h4-8,10,12,15,18H,9,11,13-14H2,1-3H3. The van der Waals surface area contributed by atoms with Gasteiger partial charge in [-0.2, -0.15) is 9.97 Å². The van der Waals surface area contributed by atoms with Crippen molar-refractivity contribution in [2.24, 2.45) is 5.92 Å². The van der Waals surface area contributed by atoms with Crippen molar-refractivity contribution in [3.05, 3.63) is 53.4 Å². The fourth-order valence-corrected chi connectivity index (χ4v) is 5.14. The average molecular weight is 448 g/mol. The van der Waals surface area contributed by atoms with Crippen molar-refractivity contribution in [2.45, 2.75) is 25.9 Å². The molecule has 0 radical (unpaired) electrons. The number of hydrogen-bond donors (Lipinski definition) is 0. The maximum absolute atomic E-state index is 12.1. The summed E-state index contributed by atoms with van der Waals surface area (Å²) in [5.41, 5.74) is 1.61. The monoisotopic (exact) mass is 447 g/mol. The van der Waals surface area contributed by atoms with Crippen molar-refractivity contribution in [3.8, 4) is 0 Å². The topological polar surface area (TPSA) is 71.3 Å². The van der Waals surface area contributed by atoms with E-state index in [0.29, 0.717) is 22.8 Å². The molecule has 0 saturated carbocycles. The molecule has 2 unspecified atom stereocenters. The first-order valence-electron chi connectivity index (χ1n) is 9.98. The quantitative estimate of drug-likeness (QED) is 0.559. The van der Waals surface area contributed by atoms with E-state index in [-0.39, 0.29) is 11.3 Å². The second-order valence-electron chi connectivity index (χ2n) is 8.09. The highest BCUT2D eigenvalue weighted by molar-refractivity contribution is 7.89. The van der Waals surface area contributed by atoms with Crippen LogP contribution in [0.4, 0.5) is 5.82 Å². The summed E-state index contributed by atoms with van der Waals surface area (Å²) in [6.07, 6.45) is 3.74. The number of likely N-dealkylation sites (tertiary alicyclic amines) is 1. The van der Waals surface area contributed by atoms with E-state index in [1.807, 2.05) is 13.1 Å². The van der Waals surface area contributed by atoms with Gasteiger partial charge in [0.1, 0.15) is 5.82 Å². The Kier molecular flexibility index (Phi) is 5.74. The summed E-state index contributed by atoms with van der Waals surface area (Å²) in [5.74, 6) is 1.12. The van der Waals surface area contributed by atoms with Crippen LogP contribution in [0.25, 0.3) is 11.0 Å². The second kappa shape index (κ2) is 8.17. The van der Waals surface area contributed by atoms with Gasteiger partial charge < -0.3 is 4.90 Å². The Labute approximate surface area is 182 Å². The zero-order chi connectivity index (χ0) is 21.5. The van der Waals surface area contributed by atoms with E-state index < -0.39 is 10.0 Å². The molecule has 2 aromatic heterocycles. The minimum Gasteiger partial charge on any atom is -0.354 e. The van der Waals surface area contributed by atoms with Crippen molar-refractivity contribution < 1.29 is 8.42 Å². The molecule has 3 aromatic rings. The summed E-state index contributed by atoms with van der Waals surface area (Å²) in [4.78, 5) is 13.2. The number of nitrogens with zero attached hydrogens (tertiary/aromatic N) is 5. The Balaban J connectivity index is 1.65. The third-order valence-corrected chi connectivity index (χ3v) is 7.08. The van der Waals surface area contributed by atoms with Crippen LogP contribution in [0.5, 0.6) is 0 Å². The molecule has 1 fully saturated rings. The lowest BCUT2D eigenvalue weighted by molar-refractivity contribution is 0.159. The van der Waals surface area contributed by atoms with Gasteiger partial charge in [-0.25, -0.2) is 12.4 Å². The number of piperidine rings is 1. The van der Waals surface area contributed by atoms with E-state index in [9.17, 15) is 8.42 Å². The highest BCUT2D eigenvalue weighted by Gasteiger charge is 2.31. The van der Waals surface area contributed by atoms with E-state index in [2.05, 4.69) is 51.0 Å². The smallest absolute Gasteiger partial charge is 0.237 e. The molecule has 0 aliphatic carbocycles. The zero-order valence-corrected chi connectivity index (χ0v) is 18.9. The zero-order valence-electron chi connectivity index (χ0n) is 17.4. The van der Waals surface area contributed by atoms with Gasteiger partial charge in [0.2, 0.25) is 15.3 Å². The number of aromatic nitrogens is 3. The average Bonchev–Trinajstić information content (AvgIpc) is 3.13. The van der Waals surface area contributed by atoms with Gasteiger partial charge >= 0.3 is 0 Å². The van der Waals surface area contributed by atoms with Gasteiger partial charge in [0.15, 0.2) is 5.65 Å². The van der Waals surface area contributed by atoms with Gasteiger partial charge in [-0.05, 0) is 42.1 Å². The van der Waals surface area contributed by atoms with Crippen LogP contribution in [0.3, 0.4) is 0 Å². The van der Waals surface area contributed by atoms with Crippen LogP contribution in [-0.2, 0) is 16.6 Å². The van der Waals surface area contributed by atoms with Gasteiger partial charge in [-0.15, -0.1) is 0 Å². The predicted octanol–water partition coefficient (Wildman–Crippen LogP) is 3.24. The normalized spacial score (nSPS) is 20.5. The number of fused-ring (bicyclic) bond motifs is 1. The molecule has 1 aromatic carbocycles. The summed E-state index contributed by atoms with van der Waals surface area (Å²) >= 11 is 6.19. The Hall–Kier alpha value is -2.16. The van der Waals surface area contributed by atoms with Gasteiger partial charge in [-0.3, -0.25) is 4.90 Å². The van der Waals surface area contributed by atoms with Crippen LogP contribution < -0.4 is 4.90 Å². The van der Waals surface area contributed by atoms with Crippen molar-refractivity contribution in [2.75, 3.05) is 31.3 Å². The number of halogens is 1. The Morgan fingerprint density at radius 3 is 2.63 bits per heavy atom. The molecule has 160 valence electrons. The summed E-state index contributed by atoms with van der Waals surface area (Å²) < 4.78 is 25.4. The molecule has 1 aliphatic heterocycles. The van der Waals surface area contributed by atoms with Crippen LogP contribution in [0.1, 0.15) is 18.9 Å². The number of benzene rings is 1. The lowest BCUT2D eigenvalue weighted by Crippen LogP contribution is -2.51. The fourth-order valence-electron chi connectivity index (χ4n) is 4.25. The molecule has 9 heteroatoms. The van der Waals surface area contributed by atoms with Crippen molar-refractivity contribution >= 4 is 38.5 Å². The molecule has 1 aliphatic rings. The van der Waals surface area contributed by atoms with Crippen molar-refractivity contribution in [3.63, 3.8) is 0 Å². The molecule has 7 nitrogen and oxygen atoms in total. The first-order chi connectivity index (χ1) is 14.2. The molecule has 4 rings (SSSR count). The Morgan fingerprint density at radius 2 is 1.93 bits per heavy atom.